The topological polar surface area (TPSA) is 103 Å². The number of imide groups is 1. The Labute approximate surface area is 209 Å². The predicted molar refractivity (Wildman–Crippen MR) is 131 cm³/mol. The van der Waals surface area contributed by atoms with Crippen molar-refractivity contribution in [2.75, 3.05) is 6.54 Å². The van der Waals surface area contributed by atoms with Crippen molar-refractivity contribution in [3.63, 3.8) is 0 Å². The molecule has 1 aromatic heterocycles. The molecule has 1 aliphatic rings. The zero-order valence-electron chi connectivity index (χ0n) is 19.2. The van der Waals surface area contributed by atoms with Gasteiger partial charge in [-0.3, -0.25) is 19.3 Å². The van der Waals surface area contributed by atoms with Gasteiger partial charge in [-0.15, -0.1) is 0 Å². The van der Waals surface area contributed by atoms with Gasteiger partial charge in [0.25, 0.3) is 11.8 Å². The summed E-state index contributed by atoms with van der Waals surface area (Å²) in [7, 11) is 0. The lowest BCUT2D eigenvalue weighted by atomic mass is 10.1. The lowest BCUT2D eigenvalue weighted by molar-refractivity contribution is -0.134. The molecule has 0 saturated heterocycles. The van der Waals surface area contributed by atoms with Crippen molar-refractivity contribution < 1.29 is 28.3 Å². The molecular formula is C27H18ClNO7. The van der Waals surface area contributed by atoms with Gasteiger partial charge in [0.2, 0.25) is 11.2 Å². The summed E-state index contributed by atoms with van der Waals surface area (Å²) < 4.78 is 16.6. The molecule has 0 spiro atoms. The highest BCUT2D eigenvalue weighted by Gasteiger charge is 2.36. The van der Waals surface area contributed by atoms with Crippen molar-refractivity contribution >= 4 is 40.4 Å². The van der Waals surface area contributed by atoms with Crippen LogP contribution in [0.3, 0.4) is 0 Å². The summed E-state index contributed by atoms with van der Waals surface area (Å²) in [4.78, 5) is 51.1. The Morgan fingerprint density at radius 1 is 0.917 bits per heavy atom. The molecule has 2 heterocycles. The van der Waals surface area contributed by atoms with Crippen LogP contribution in [0.4, 0.5) is 0 Å². The molecule has 0 atom stereocenters. The molecule has 0 bridgehead atoms. The van der Waals surface area contributed by atoms with Crippen LogP contribution in [0.5, 0.6) is 17.2 Å². The van der Waals surface area contributed by atoms with Crippen LogP contribution in [-0.2, 0) is 4.79 Å². The molecular weight excluding hydrogens is 486 g/mol. The molecule has 9 heteroatoms. The number of hydrogen-bond acceptors (Lipinski definition) is 7. The van der Waals surface area contributed by atoms with Crippen LogP contribution in [-0.4, -0.2) is 29.2 Å². The summed E-state index contributed by atoms with van der Waals surface area (Å²) in [6.07, 6.45) is 1.17. The van der Waals surface area contributed by atoms with Crippen LogP contribution in [0, 0.1) is 13.8 Å². The van der Waals surface area contributed by atoms with Crippen LogP contribution in [0.1, 0.15) is 31.8 Å². The monoisotopic (exact) mass is 503 g/mol. The second-order valence-electron chi connectivity index (χ2n) is 8.28. The molecule has 180 valence electrons. The van der Waals surface area contributed by atoms with Crippen LogP contribution in [0.25, 0.3) is 11.0 Å². The number of ether oxygens (including phenoxy) is 2. The molecule has 0 aliphatic carbocycles. The van der Waals surface area contributed by atoms with Crippen molar-refractivity contribution in [1.82, 2.24) is 4.90 Å². The normalized spacial score (nSPS) is 12.7. The van der Waals surface area contributed by atoms with Gasteiger partial charge in [-0.05, 0) is 61.4 Å². The van der Waals surface area contributed by atoms with Gasteiger partial charge in [0.1, 0.15) is 29.9 Å². The van der Waals surface area contributed by atoms with Crippen molar-refractivity contribution in [2.24, 2.45) is 0 Å². The first-order valence-corrected chi connectivity index (χ1v) is 11.3. The van der Waals surface area contributed by atoms with Crippen LogP contribution >= 0.6 is 11.6 Å². The van der Waals surface area contributed by atoms with E-state index in [2.05, 4.69) is 0 Å². The predicted octanol–water partition coefficient (Wildman–Crippen LogP) is 5.06. The summed E-state index contributed by atoms with van der Waals surface area (Å²) in [6.45, 7) is 3.12. The van der Waals surface area contributed by atoms with Gasteiger partial charge in [-0.1, -0.05) is 23.7 Å². The van der Waals surface area contributed by atoms with E-state index in [0.29, 0.717) is 10.8 Å². The van der Waals surface area contributed by atoms with Crippen LogP contribution in [0.15, 0.2) is 70.1 Å². The summed E-state index contributed by atoms with van der Waals surface area (Å²) in [5, 5.41) is 0.841. The Balaban J connectivity index is 1.32. The second-order valence-corrected chi connectivity index (χ2v) is 8.65. The summed E-state index contributed by atoms with van der Waals surface area (Å²) >= 11 is 6.19. The Morgan fingerprint density at radius 2 is 1.56 bits per heavy atom. The van der Waals surface area contributed by atoms with Gasteiger partial charge in [0.05, 0.1) is 16.5 Å². The first-order valence-electron chi connectivity index (χ1n) is 10.9. The van der Waals surface area contributed by atoms with Gasteiger partial charge in [-0.25, -0.2) is 4.79 Å². The van der Waals surface area contributed by atoms with Crippen molar-refractivity contribution in [3.05, 3.63) is 98.4 Å². The first-order chi connectivity index (χ1) is 17.2. The molecule has 0 saturated carbocycles. The van der Waals surface area contributed by atoms with Crippen molar-refractivity contribution in [1.29, 1.82) is 0 Å². The lowest BCUT2D eigenvalue weighted by Gasteiger charge is -2.13. The average molecular weight is 504 g/mol. The van der Waals surface area contributed by atoms with E-state index in [-0.39, 0.29) is 33.6 Å². The molecule has 0 radical (unpaired) electrons. The number of nitrogens with zero attached hydrogens (tertiary/aromatic N) is 1. The van der Waals surface area contributed by atoms with Crippen molar-refractivity contribution in [2.45, 2.75) is 13.8 Å². The fourth-order valence-electron chi connectivity index (χ4n) is 3.99. The molecule has 0 fully saturated rings. The number of aryl methyl sites for hydroxylation is 2. The van der Waals surface area contributed by atoms with E-state index in [9.17, 15) is 19.2 Å². The maximum Gasteiger partial charge on any atom is 0.331 e. The average Bonchev–Trinajstić information content (AvgIpc) is 3.09. The molecule has 4 aromatic rings. The molecule has 2 amide bonds. The van der Waals surface area contributed by atoms with E-state index in [1.54, 1.807) is 24.3 Å². The van der Waals surface area contributed by atoms with Crippen LogP contribution < -0.4 is 14.9 Å². The Morgan fingerprint density at radius 3 is 2.19 bits per heavy atom. The van der Waals surface area contributed by atoms with Gasteiger partial charge in [0, 0.05) is 11.1 Å². The fourth-order valence-corrected chi connectivity index (χ4v) is 4.10. The third-order valence-corrected chi connectivity index (χ3v) is 6.35. The van der Waals surface area contributed by atoms with E-state index in [1.165, 1.54) is 36.6 Å². The minimum absolute atomic E-state index is 0.0148. The maximum absolute atomic E-state index is 12.9. The number of benzene rings is 3. The number of halogens is 1. The number of fused-ring (bicyclic) bond motifs is 2. The Kier molecular flexibility index (Phi) is 5.81. The minimum atomic E-state index is -0.820. The summed E-state index contributed by atoms with van der Waals surface area (Å²) in [6, 6.07) is 14.0. The van der Waals surface area contributed by atoms with Gasteiger partial charge in [0.15, 0.2) is 0 Å². The number of carbonyl (C=O) groups excluding carboxylic acids is 3. The summed E-state index contributed by atoms with van der Waals surface area (Å²) in [5.41, 5.74) is 1.86. The highest BCUT2D eigenvalue weighted by molar-refractivity contribution is 6.32. The zero-order valence-corrected chi connectivity index (χ0v) is 19.9. The van der Waals surface area contributed by atoms with E-state index >= 15 is 0 Å². The van der Waals surface area contributed by atoms with E-state index in [1.807, 2.05) is 13.8 Å². The van der Waals surface area contributed by atoms with E-state index in [4.69, 9.17) is 25.5 Å². The third kappa shape index (κ3) is 4.12. The zero-order chi connectivity index (χ0) is 25.6. The van der Waals surface area contributed by atoms with E-state index < -0.39 is 29.8 Å². The Bertz CT molecular complexity index is 1580. The smallest absolute Gasteiger partial charge is 0.331 e. The first kappa shape index (κ1) is 23.3. The molecule has 36 heavy (non-hydrogen) atoms. The maximum atomic E-state index is 12.9. The molecule has 3 aromatic carbocycles. The van der Waals surface area contributed by atoms with Crippen molar-refractivity contribution in [3.8, 4) is 17.2 Å². The van der Waals surface area contributed by atoms with Gasteiger partial charge in [-0.2, -0.15) is 0 Å². The van der Waals surface area contributed by atoms with Crippen LogP contribution in [0.2, 0.25) is 5.02 Å². The molecule has 0 N–H and O–H groups in total. The fraction of sp³-hybridized carbons (Fsp3) is 0.111. The highest BCUT2D eigenvalue weighted by Crippen LogP contribution is 2.29. The lowest BCUT2D eigenvalue weighted by Crippen LogP contribution is -2.36. The minimum Gasteiger partial charge on any atom is -0.460 e. The number of carbonyl (C=O) groups is 3. The third-order valence-electron chi connectivity index (χ3n) is 5.75. The molecule has 8 nitrogen and oxygen atoms in total. The number of rotatable bonds is 5. The summed E-state index contributed by atoms with van der Waals surface area (Å²) in [5.74, 6) is -1.42. The number of esters is 1. The van der Waals surface area contributed by atoms with E-state index in [0.717, 1.165) is 16.0 Å². The second kappa shape index (κ2) is 8.98. The van der Waals surface area contributed by atoms with Gasteiger partial charge >= 0.3 is 5.97 Å². The largest absolute Gasteiger partial charge is 0.460 e. The van der Waals surface area contributed by atoms with Gasteiger partial charge < -0.3 is 13.9 Å². The number of hydrogen-bond donors (Lipinski definition) is 0. The molecule has 5 rings (SSSR count). The SMILES string of the molecule is Cc1cc(Oc2coc3cc(OC(=O)CN4C(=O)c5ccccc5C4=O)ccc3c2=O)cc(C)c1Cl. The molecule has 0 unspecified atom stereocenters. The quantitative estimate of drug-likeness (QED) is 0.213. The highest BCUT2D eigenvalue weighted by atomic mass is 35.5. The molecule has 1 aliphatic heterocycles. The Hall–Kier alpha value is -4.43. The number of amides is 2. The standard InChI is InChI=1S/C27H18ClNO7/c1-14-9-17(10-15(2)24(14)28)35-22-13-34-21-11-16(7-8-20(21)25(22)31)36-23(30)12-29-26(32)18-5-3-4-6-19(18)27(29)33/h3-11,13H,12H2,1-2H3.